The molecule has 4 heterocycles. The van der Waals surface area contributed by atoms with Crippen molar-refractivity contribution >= 4 is 29.1 Å². The third kappa shape index (κ3) is 3.81. The zero-order chi connectivity index (χ0) is 27.1. The molecule has 0 radical (unpaired) electrons. The maximum Gasteiger partial charge on any atom is 2.00 e. The normalized spacial score (nSPS) is 12.6. The zero-order valence-electron chi connectivity index (χ0n) is 23.2. The summed E-state index contributed by atoms with van der Waals surface area (Å²) in [5.74, 6) is 0. The molecule has 0 unspecified atom stereocenters. The van der Waals surface area contributed by atoms with E-state index in [1.807, 2.05) is 23.2 Å². The van der Waals surface area contributed by atoms with E-state index in [-0.39, 0.29) is 27.9 Å². The van der Waals surface area contributed by atoms with Crippen molar-refractivity contribution in [2.45, 2.75) is 27.7 Å². The van der Waals surface area contributed by atoms with Gasteiger partial charge in [0.15, 0.2) is 0 Å². The molecule has 200 valence electrons. The van der Waals surface area contributed by atoms with Crippen molar-refractivity contribution in [3.05, 3.63) is 120 Å². The third-order valence-electron chi connectivity index (χ3n) is 8.11. The first-order valence-electron chi connectivity index (χ1n) is 13.7. The second kappa shape index (κ2) is 9.46. The number of hydrogen-bond donors (Lipinski definition) is 0. The Morgan fingerprint density at radius 2 is 1.00 bits per heavy atom. The molecule has 0 saturated carbocycles. The van der Waals surface area contributed by atoms with E-state index in [0.717, 1.165) is 45.1 Å². The van der Waals surface area contributed by atoms with Gasteiger partial charge in [-0.2, -0.15) is 45.4 Å². The molecule has 4 aromatic carbocycles. The Labute approximate surface area is 254 Å². The van der Waals surface area contributed by atoms with Crippen molar-refractivity contribution < 1.29 is 21.1 Å². The molecule has 0 saturated heterocycles. The zero-order valence-corrected chi connectivity index (χ0v) is 25.5. The van der Waals surface area contributed by atoms with Crippen molar-refractivity contribution in [3.8, 4) is 33.6 Å². The molecule has 2 aliphatic rings. The van der Waals surface area contributed by atoms with E-state index in [1.54, 1.807) is 0 Å². The van der Waals surface area contributed by atoms with Crippen molar-refractivity contribution in [3.63, 3.8) is 0 Å². The molecule has 7 heteroatoms. The van der Waals surface area contributed by atoms with Crippen LogP contribution in [0.2, 0.25) is 0 Å². The first-order valence-corrected chi connectivity index (χ1v) is 13.7. The molecule has 2 aromatic heterocycles. The minimum atomic E-state index is -0.108. The molecule has 8 rings (SSSR count). The topological polar surface area (TPSA) is 38.9 Å². The molecule has 0 fully saturated rings. The first-order chi connectivity index (χ1) is 19.5. The molecule has 6 aromatic rings. The van der Waals surface area contributed by atoms with Crippen LogP contribution in [0.25, 0.3) is 33.6 Å². The Balaban J connectivity index is 0.00000276. The van der Waals surface area contributed by atoms with Crippen LogP contribution in [0.4, 0.5) is 11.4 Å². The summed E-state index contributed by atoms with van der Waals surface area (Å²) >= 11 is 0. The van der Waals surface area contributed by atoms with Crippen molar-refractivity contribution in [2.24, 2.45) is 0 Å². The summed E-state index contributed by atoms with van der Waals surface area (Å²) in [7, 11) is 0. The molecule has 5 nitrogen and oxygen atoms in total. The quantitative estimate of drug-likeness (QED) is 0.169. The summed E-state index contributed by atoms with van der Waals surface area (Å²) in [6.07, 6.45) is 0. The molecule has 0 bridgehead atoms. The fourth-order valence-electron chi connectivity index (χ4n) is 6.53. The number of nitrogens with zero attached hydrogens (tertiary/aromatic N) is 5. The van der Waals surface area contributed by atoms with Gasteiger partial charge in [-0.15, -0.1) is 23.3 Å². The van der Waals surface area contributed by atoms with Gasteiger partial charge in [-0.25, -0.2) is 0 Å². The number of rotatable bonds is 2. The molecular formula is C34H26BN5Pt. The van der Waals surface area contributed by atoms with Gasteiger partial charge in [0.25, 0.3) is 6.85 Å². The summed E-state index contributed by atoms with van der Waals surface area (Å²) in [6, 6.07) is 38.0. The Hall–Kier alpha value is -4.15. The Morgan fingerprint density at radius 3 is 1.41 bits per heavy atom. The van der Waals surface area contributed by atoms with Crippen molar-refractivity contribution in [2.75, 3.05) is 4.81 Å². The monoisotopic (exact) mass is 710 g/mol. The fourth-order valence-corrected chi connectivity index (χ4v) is 6.53. The Kier molecular flexibility index (Phi) is 5.95. The number of fused-ring (bicyclic) bond motifs is 11. The average Bonchev–Trinajstić information content (AvgIpc) is 3.50. The molecule has 2 aliphatic heterocycles. The van der Waals surface area contributed by atoms with E-state index in [0.29, 0.717) is 0 Å². The van der Waals surface area contributed by atoms with Gasteiger partial charge in [-0.3, -0.25) is 9.36 Å². The summed E-state index contributed by atoms with van der Waals surface area (Å²) in [5.41, 5.74) is 15.5. The molecule has 41 heavy (non-hydrogen) atoms. The predicted molar refractivity (Wildman–Crippen MR) is 162 cm³/mol. The maximum atomic E-state index is 4.78. The largest absolute Gasteiger partial charge is 2.00 e. The number of anilines is 2. The van der Waals surface area contributed by atoms with E-state index >= 15 is 0 Å². The smallest absolute Gasteiger partial charge is 0.381 e. The second-order valence-electron chi connectivity index (χ2n) is 10.8. The van der Waals surface area contributed by atoms with Crippen LogP contribution in [0.15, 0.2) is 84.9 Å². The molecule has 0 N–H and O–H groups in total. The van der Waals surface area contributed by atoms with Crippen molar-refractivity contribution in [1.29, 1.82) is 0 Å². The maximum absolute atomic E-state index is 4.78. The van der Waals surface area contributed by atoms with Gasteiger partial charge in [0, 0.05) is 22.8 Å². The van der Waals surface area contributed by atoms with Gasteiger partial charge in [0.1, 0.15) is 0 Å². The van der Waals surface area contributed by atoms with E-state index < -0.39 is 0 Å². The SMILES string of the molecule is Cc1cc(C)n(-c2[c-]c3c(cc2)-c2ccccc2N2B3c3[c-]c(-n4nc(C)cc4C)ccc3-c3ccccc32)n1.[Pt+2]. The van der Waals surface area contributed by atoms with Crippen LogP contribution in [-0.4, -0.2) is 26.4 Å². The number of aromatic nitrogens is 4. The average molecular weight is 711 g/mol. The van der Waals surface area contributed by atoms with Crippen LogP contribution in [0.3, 0.4) is 0 Å². The van der Waals surface area contributed by atoms with E-state index in [4.69, 9.17) is 10.2 Å². The van der Waals surface area contributed by atoms with Crippen LogP contribution in [0, 0.1) is 39.8 Å². The Bertz CT molecular complexity index is 1850. The number of para-hydroxylation sites is 2. The summed E-state index contributed by atoms with van der Waals surface area (Å²) in [6.45, 7) is 8.14. The molecule has 0 aliphatic carbocycles. The number of aryl methyl sites for hydroxylation is 4. The Morgan fingerprint density at radius 1 is 0.561 bits per heavy atom. The van der Waals surface area contributed by atoms with E-state index in [9.17, 15) is 0 Å². The second-order valence-corrected chi connectivity index (χ2v) is 10.8. The minimum absolute atomic E-state index is 0. The first kappa shape index (κ1) is 25.8. The van der Waals surface area contributed by atoms with Crippen LogP contribution in [0.5, 0.6) is 0 Å². The fraction of sp³-hybridized carbons (Fsp3) is 0.118. The predicted octanol–water partition coefficient (Wildman–Crippen LogP) is 5.79. The van der Waals surface area contributed by atoms with Gasteiger partial charge in [-0.1, -0.05) is 47.5 Å². The number of hydrogen-bond acceptors (Lipinski definition) is 3. The minimum Gasteiger partial charge on any atom is -0.381 e. The van der Waals surface area contributed by atoms with E-state index in [2.05, 4.69) is 116 Å². The molecular weight excluding hydrogens is 684 g/mol. The van der Waals surface area contributed by atoms with Gasteiger partial charge in [0.2, 0.25) is 0 Å². The third-order valence-corrected chi connectivity index (χ3v) is 8.11. The van der Waals surface area contributed by atoms with Crippen LogP contribution in [0.1, 0.15) is 22.8 Å². The summed E-state index contributed by atoms with van der Waals surface area (Å²) in [5, 5.41) is 9.55. The molecule has 0 spiro atoms. The summed E-state index contributed by atoms with van der Waals surface area (Å²) < 4.78 is 3.99. The van der Waals surface area contributed by atoms with Crippen LogP contribution < -0.4 is 15.7 Å². The number of benzene rings is 4. The summed E-state index contributed by atoms with van der Waals surface area (Å²) in [4.78, 5) is 2.47. The standard InChI is InChI=1S/C34H26BN5.Pt/c1-21-17-23(3)39(36-21)25-13-15-27-29-9-5-7-11-33(29)38-34-12-8-6-10-30(34)28-16-14-26(40-24(4)18-22(2)37-40)20-32(28)35(38)31(27)19-25;/h5-18H,1-4H3;/q-2;+2. The van der Waals surface area contributed by atoms with Gasteiger partial charge in [0.05, 0.1) is 11.4 Å². The van der Waals surface area contributed by atoms with Gasteiger partial charge < -0.3 is 4.81 Å². The van der Waals surface area contributed by atoms with Gasteiger partial charge >= 0.3 is 21.1 Å². The van der Waals surface area contributed by atoms with Crippen LogP contribution in [-0.2, 0) is 21.1 Å². The van der Waals surface area contributed by atoms with Crippen molar-refractivity contribution in [1.82, 2.24) is 19.6 Å². The van der Waals surface area contributed by atoms with Crippen LogP contribution >= 0.6 is 0 Å². The van der Waals surface area contributed by atoms with E-state index in [1.165, 1.54) is 33.6 Å². The molecule has 0 atom stereocenters. The van der Waals surface area contributed by atoms with Gasteiger partial charge in [-0.05, 0) is 63.3 Å². The molecule has 0 amide bonds.